The molecule has 0 amide bonds. The Balaban J connectivity index is 2.77. The zero-order valence-corrected chi connectivity index (χ0v) is 8.23. The highest BCUT2D eigenvalue weighted by atomic mass is 14.8. The number of hydrogen-bond acceptors (Lipinski definition) is 2. The van der Waals surface area contributed by atoms with Crippen LogP contribution in [0, 0.1) is 0 Å². The lowest BCUT2D eigenvalue weighted by molar-refractivity contribution is 0.592. The first-order valence-electron chi connectivity index (χ1n) is 4.88. The van der Waals surface area contributed by atoms with Gasteiger partial charge in [-0.1, -0.05) is 18.9 Å². The van der Waals surface area contributed by atoms with Crippen LogP contribution in [0.1, 0.15) is 25.7 Å². The van der Waals surface area contributed by atoms with Gasteiger partial charge in [0.05, 0.1) is 0 Å². The Bertz CT molecular complexity index is 91.8. The molecule has 0 aromatic heterocycles. The van der Waals surface area contributed by atoms with Gasteiger partial charge in [0, 0.05) is 6.54 Å². The van der Waals surface area contributed by atoms with E-state index >= 15 is 0 Å². The second-order valence-corrected chi connectivity index (χ2v) is 3.01. The van der Waals surface area contributed by atoms with E-state index in [4.69, 9.17) is 0 Å². The van der Waals surface area contributed by atoms with Crippen molar-refractivity contribution in [1.29, 1.82) is 0 Å². The van der Waals surface area contributed by atoms with Crippen LogP contribution < -0.4 is 10.6 Å². The summed E-state index contributed by atoms with van der Waals surface area (Å²) in [5, 5.41) is 6.44. The average Bonchev–Trinajstić information content (AvgIpc) is 2.10. The predicted octanol–water partition coefficient (Wildman–Crippen LogP) is 1.54. The fraction of sp³-hybridized carbons (Fsp3) is 0.800. The largest absolute Gasteiger partial charge is 0.320 e. The average molecular weight is 170 g/mol. The first kappa shape index (κ1) is 11.7. The zero-order chi connectivity index (χ0) is 9.07. The molecular weight excluding hydrogens is 148 g/mol. The Morgan fingerprint density at radius 2 is 1.75 bits per heavy atom. The highest BCUT2D eigenvalue weighted by molar-refractivity contribution is 4.69. The van der Waals surface area contributed by atoms with Gasteiger partial charge in [-0.2, -0.15) is 0 Å². The maximum absolute atomic E-state index is 3.65. The van der Waals surface area contributed by atoms with Crippen molar-refractivity contribution in [2.75, 3.05) is 26.7 Å². The number of nitrogens with one attached hydrogen (secondary N) is 2. The van der Waals surface area contributed by atoms with Crippen molar-refractivity contribution in [3.05, 3.63) is 12.7 Å². The molecule has 2 N–H and O–H groups in total. The minimum absolute atomic E-state index is 0.941. The summed E-state index contributed by atoms with van der Waals surface area (Å²) in [6.45, 7) is 6.87. The van der Waals surface area contributed by atoms with Gasteiger partial charge in [-0.15, -0.1) is 6.58 Å². The summed E-state index contributed by atoms with van der Waals surface area (Å²) >= 11 is 0. The predicted molar refractivity (Wildman–Crippen MR) is 55.5 cm³/mol. The second-order valence-electron chi connectivity index (χ2n) is 3.01. The summed E-state index contributed by atoms with van der Waals surface area (Å²) in [7, 11) is 2.01. The van der Waals surface area contributed by atoms with Crippen molar-refractivity contribution >= 4 is 0 Å². The van der Waals surface area contributed by atoms with Gasteiger partial charge >= 0.3 is 0 Å². The molecule has 0 fully saturated rings. The van der Waals surface area contributed by atoms with Gasteiger partial charge in [0.15, 0.2) is 0 Å². The van der Waals surface area contributed by atoms with Crippen LogP contribution in [-0.2, 0) is 0 Å². The smallest absolute Gasteiger partial charge is 0.0132 e. The van der Waals surface area contributed by atoms with Crippen molar-refractivity contribution in [2.45, 2.75) is 25.7 Å². The van der Waals surface area contributed by atoms with E-state index < -0.39 is 0 Å². The van der Waals surface area contributed by atoms with Crippen LogP contribution in [0.2, 0.25) is 0 Å². The number of hydrogen-bond donors (Lipinski definition) is 2. The van der Waals surface area contributed by atoms with Crippen LogP contribution in [-0.4, -0.2) is 26.7 Å². The van der Waals surface area contributed by atoms with E-state index in [1.165, 1.54) is 25.7 Å². The molecule has 0 unspecified atom stereocenters. The van der Waals surface area contributed by atoms with E-state index in [9.17, 15) is 0 Å². The number of rotatable bonds is 9. The SMILES string of the molecule is C=CCNCCCCCCNC. The van der Waals surface area contributed by atoms with E-state index in [-0.39, 0.29) is 0 Å². The molecule has 0 bridgehead atoms. The first-order chi connectivity index (χ1) is 5.91. The first-order valence-corrected chi connectivity index (χ1v) is 4.88. The van der Waals surface area contributed by atoms with Crippen LogP contribution in [0.25, 0.3) is 0 Å². The van der Waals surface area contributed by atoms with Crippen LogP contribution in [0.3, 0.4) is 0 Å². The fourth-order valence-corrected chi connectivity index (χ4v) is 1.11. The van der Waals surface area contributed by atoms with Gasteiger partial charge in [-0.3, -0.25) is 0 Å². The van der Waals surface area contributed by atoms with Crippen molar-refractivity contribution in [1.82, 2.24) is 10.6 Å². The van der Waals surface area contributed by atoms with Crippen molar-refractivity contribution in [3.8, 4) is 0 Å². The highest BCUT2D eigenvalue weighted by Crippen LogP contribution is 1.97. The molecule has 72 valence electrons. The second kappa shape index (κ2) is 10.7. The summed E-state index contributed by atoms with van der Waals surface area (Å²) in [4.78, 5) is 0. The van der Waals surface area contributed by atoms with E-state index in [2.05, 4.69) is 17.2 Å². The molecule has 0 aliphatic heterocycles. The molecule has 2 nitrogen and oxygen atoms in total. The van der Waals surface area contributed by atoms with Crippen LogP contribution >= 0.6 is 0 Å². The van der Waals surface area contributed by atoms with Gasteiger partial charge in [0.25, 0.3) is 0 Å². The maximum atomic E-state index is 3.65. The molecule has 0 aromatic rings. The van der Waals surface area contributed by atoms with Crippen molar-refractivity contribution in [3.63, 3.8) is 0 Å². The Morgan fingerprint density at radius 3 is 2.33 bits per heavy atom. The molecule has 0 saturated carbocycles. The van der Waals surface area contributed by atoms with Crippen LogP contribution in [0.4, 0.5) is 0 Å². The minimum atomic E-state index is 0.941. The Morgan fingerprint density at radius 1 is 1.08 bits per heavy atom. The minimum Gasteiger partial charge on any atom is -0.320 e. The molecule has 0 atom stereocenters. The lowest BCUT2D eigenvalue weighted by Crippen LogP contribution is -2.14. The lowest BCUT2D eigenvalue weighted by Gasteiger charge is -2.01. The monoisotopic (exact) mass is 170 g/mol. The summed E-state index contributed by atoms with van der Waals surface area (Å²) in [5.41, 5.74) is 0. The van der Waals surface area contributed by atoms with Crippen LogP contribution in [0.15, 0.2) is 12.7 Å². The van der Waals surface area contributed by atoms with E-state index in [1.54, 1.807) is 0 Å². The Kier molecular flexibility index (Phi) is 10.4. The van der Waals surface area contributed by atoms with Gasteiger partial charge < -0.3 is 10.6 Å². The van der Waals surface area contributed by atoms with Crippen molar-refractivity contribution in [2.24, 2.45) is 0 Å². The molecule has 0 rings (SSSR count). The summed E-state index contributed by atoms with van der Waals surface area (Å²) in [6.07, 6.45) is 7.18. The molecule has 0 spiro atoms. The topological polar surface area (TPSA) is 24.1 Å². The highest BCUT2D eigenvalue weighted by Gasteiger charge is 1.88. The summed E-state index contributed by atoms with van der Waals surface area (Å²) in [5.74, 6) is 0. The van der Waals surface area contributed by atoms with E-state index in [1.807, 2.05) is 13.1 Å². The zero-order valence-electron chi connectivity index (χ0n) is 8.23. The Labute approximate surface area is 76.4 Å². The number of unbranched alkanes of at least 4 members (excludes halogenated alkanes) is 3. The summed E-state index contributed by atoms with van der Waals surface area (Å²) < 4.78 is 0. The lowest BCUT2D eigenvalue weighted by atomic mass is 10.2. The Hall–Kier alpha value is -0.340. The molecule has 0 saturated heterocycles. The maximum Gasteiger partial charge on any atom is 0.0132 e. The quantitative estimate of drug-likeness (QED) is 0.405. The van der Waals surface area contributed by atoms with Gasteiger partial charge in [0.1, 0.15) is 0 Å². The third-order valence-corrected chi connectivity index (χ3v) is 1.82. The molecule has 0 aliphatic carbocycles. The standard InChI is InChI=1S/C10H22N2/c1-3-8-12-10-7-5-4-6-9-11-2/h3,11-12H,1,4-10H2,2H3. The van der Waals surface area contributed by atoms with Gasteiger partial charge in [-0.05, 0) is 33.0 Å². The third-order valence-electron chi connectivity index (χ3n) is 1.82. The molecule has 2 heteroatoms. The normalized spacial score (nSPS) is 10.1. The van der Waals surface area contributed by atoms with E-state index in [0.29, 0.717) is 0 Å². The van der Waals surface area contributed by atoms with Crippen molar-refractivity contribution < 1.29 is 0 Å². The summed E-state index contributed by atoms with van der Waals surface area (Å²) in [6, 6.07) is 0. The molecule has 0 heterocycles. The molecule has 12 heavy (non-hydrogen) atoms. The van der Waals surface area contributed by atoms with E-state index in [0.717, 1.165) is 19.6 Å². The molecular formula is C10H22N2. The van der Waals surface area contributed by atoms with Gasteiger partial charge in [0.2, 0.25) is 0 Å². The molecule has 0 aliphatic rings. The van der Waals surface area contributed by atoms with Crippen LogP contribution in [0.5, 0.6) is 0 Å². The third kappa shape index (κ3) is 9.66. The molecule has 0 aromatic carbocycles. The fourth-order valence-electron chi connectivity index (χ4n) is 1.11. The van der Waals surface area contributed by atoms with Gasteiger partial charge in [-0.25, -0.2) is 0 Å². The molecule has 0 radical (unpaired) electrons.